The summed E-state index contributed by atoms with van der Waals surface area (Å²) in [6, 6.07) is 7.39. The highest BCUT2D eigenvalue weighted by atomic mass is 16.2. The molecule has 2 rings (SSSR count). The number of nitrogen functional groups attached to an aromatic ring is 1. The summed E-state index contributed by atoms with van der Waals surface area (Å²) in [5.41, 5.74) is 1.48. The third-order valence-electron chi connectivity index (χ3n) is 2.33. The lowest BCUT2D eigenvalue weighted by molar-refractivity contribution is 0.0941. The minimum absolute atomic E-state index is 0.236. The van der Waals surface area contributed by atoms with Crippen LogP contribution in [0.5, 0.6) is 0 Å². The Balaban J connectivity index is 2.37. The molecule has 0 aliphatic rings. The molecule has 0 saturated heterocycles. The molecule has 0 spiro atoms. The van der Waals surface area contributed by atoms with E-state index in [2.05, 4.69) is 10.3 Å². The van der Waals surface area contributed by atoms with Crippen LogP contribution >= 0.6 is 0 Å². The van der Waals surface area contributed by atoms with Crippen LogP contribution in [0.15, 0.2) is 24.3 Å². The van der Waals surface area contributed by atoms with Gasteiger partial charge in [0.1, 0.15) is 0 Å². The normalized spacial score (nSPS) is 10.6. The molecule has 1 aromatic heterocycles. The first-order valence-electron chi connectivity index (χ1n) is 5.24. The van der Waals surface area contributed by atoms with Crippen molar-refractivity contribution in [1.82, 2.24) is 15.0 Å². The summed E-state index contributed by atoms with van der Waals surface area (Å²) in [7, 11) is 0. The van der Waals surface area contributed by atoms with Gasteiger partial charge in [-0.15, -0.1) is 0 Å². The second-order valence-electron chi connectivity index (χ2n) is 3.55. The molecule has 0 aliphatic carbocycles. The summed E-state index contributed by atoms with van der Waals surface area (Å²) in [6.45, 7) is 2.62. The summed E-state index contributed by atoms with van der Waals surface area (Å²) < 4.78 is 1.32. The van der Waals surface area contributed by atoms with Crippen molar-refractivity contribution < 1.29 is 4.79 Å². The van der Waals surface area contributed by atoms with Crippen molar-refractivity contribution in [3.05, 3.63) is 30.1 Å². The van der Waals surface area contributed by atoms with Crippen LogP contribution in [0.3, 0.4) is 0 Å². The molecule has 0 bridgehead atoms. The Hall–Kier alpha value is -2.04. The molecule has 16 heavy (non-hydrogen) atoms. The number of fused-ring (bicyclic) bond motifs is 1. The lowest BCUT2D eigenvalue weighted by atomic mass is 10.3. The van der Waals surface area contributed by atoms with Crippen LogP contribution in [0.1, 0.15) is 24.0 Å². The molecule has 5 nitrogen and oxygen atoms in total. The van der Waals surface area contributed by atoms with Gasteiger partial charge in [-0.2, -0.15) is 0 Å². The quantitative estimate of drug-likeness (QED) is 0.751. The number of para-hydroxylation sites is 2. The standard InChI is InChI=1S/C11H14N4O/c1-2-7-13-11(16)10-14-8-5-3-4-6-9(8)15(10)12/h3-6H,2,7,12H2,1H3,(H,13,16). The summed E-state index contributed by atoms with van der Waals surface area (Å²) in [5, 5.41) is 2.75. The summed E-state index contributed by atoms with van der Waals surface area (Å²) in [6.07, 6.45) is 0.885. The Labute approximate surface area is 93.2 Å². The Morgan fingerprint density at radius 2 is 2.25 bits per heavy atom. The molecule has 1 amide bonds. The van der Waals surface area contributed by atoms with E-state index in [1.165, 1.54) is 4.68 Å². The molecule has 3 N–H and O–H groups in total. The van der Waals surface area contributed by atoms with Crippen LogP contribution in [-0.2, 0) is 0 Å². The first-order chi connectivity index (χ1) is 7.74. The van der Waals surface area contributed by atoms with Gasteiger partial charge in [0.05, 0.1) is 11.0 Å². The van der Waals surface area contributed by atoms with Crippen molar-refractivity contribution in [3.8, 4) is 0 Å². The number of carbonyl (C=O) groups excluding carboxylic acids is 1. The van der Waals surface area contributed by atoms with Gasteiger partial charge in [-0.05, 0) is 18.6 Å². The fourth-order valence-electron chi connectivity index (χ4n) is 1.52. The molecule has 0 atom stereocenters. The number of nitrogens with one attached hydrogen (secondary N) is 1. The highest BCUT2D eigenvalue weighted by Gasteiger charge is 2.14. The third-order valence-corrected chi connectivity index (χ3v) is 2.33. The lowest BCUT2D eigenvalue weighted by Crippen LogP contribution is -2.29. The number of aromatic nitrogens is 2. The molecule has 84 valence electrons. The summed E-state index contributed by atoms with van der Waals surface area (Å²) in [4.78, 5) is 15.9. The van der Waals surface area contributed by atoms with Crippen molar-refractivity contribution in [2.75, 3.05) is 12.4 Å². The second-order valence-corrected chi connectivity index (χ2v) is 3.55. The highest BCUT2D eigenvalue weighted by Crippen LogP contribution is 2.12. The van der Waals surface area contributed by atoms with E-state index in [9.17, 15) is 4.79 Å². The Morgan fingerprint density at radius 1 is 1.50 bits per heavy atom. The molecule has 1 heterocycles. The van der Waals surface area contributed by atoms with Gasteiger partial charge in [0.25, 0.3) is 5.91 Å². The number of nitrogens with zero attached hydrogens (tertiary/aromatic N) is 2. The van der Waals surface area contributed by atoms with Gasteiger partial charge >= 0.3 is 0 Å². The minimum atomic E-state index is -0.236. The van der Waals surface area contributed by atoms with Crippen molar-refractivity contribution >= 4 is 16.9 Å². The van der Waals surface area contributed by atoms with E-state index in [4.69, 9.17) is 5.84 Å². The zero-order valence-corrected chi connectivity index (χ0v) is 9.10. The average Bonchev–Trinajstić information content (AvgIpc) is 2.64. The van der Waals surface area contributed by atoms with Gasteiger partial charge in [-0.3, -0.25) is 4.79 Å². The average molecular weight is 218 g/mol. The van der Waals surface area contributed by atoms with Gasteiger partial charge in [0, 0.05) is 6.54 Å². The highest BCUT2D eigenvalue weighted by molar-refractivity contribution is 5.94. The van der Waals surface area contributed by atoms with E-state index >= 15 is 0 Å². The summed E-state index contributed by atoms with van der Waals surface area (Å²) in [5.74, 6) is 5.81. The first-order valence-corrected chi connectivity index (χ1v) is 5.24. The maximum absolute atomic E-state index is 11.7. The maximum Gasteiger partial charge on any atom is 0.289 e. The van der Waals surface area contributed by atoms with Crippen molar-refractivity contribution in [1.29, 1.82) is 0 Å². The molecule has 0 unspecified atom stereocenters. The van der Waals surface area contributed by atoms with Gasteiger partial charge in [0.15, 0.2) is 0 Å². The zero-order chi connectivity index (χ0) is 11.5. The molecule has 0 fully saturated rings. The van der Waals surface area contributed by atoms with E-state index < -0.39 is 0 Å². The number of carbonyl (C=O) groups is 1. The van der Waals surface area contributed by atoms with E-state index in [1.54, 1.807) is 0 Å². The topological polar surface area (TPSA) is 72.9 Å². The first kappa shape index (κ1) is 10.5. The van der Waals surface area contributed by atoms with Crippen LogP contribution in [-0.4, -0.2) is 22.1 Å². The number of benzene rings is 1. The number of hydrogen-bond acceptors (Lipinski definition) is 3. The van der Waals surface area contributed by atoms with Crippen LogP contribution in [0, 0.1) is 0 Å². The largest absolute Gasteiger partial charge is 0.349 e. The fourth-order valence-corrected chi connectivity index (χ4v) is 1.52. The number of amides is 1. The Morgan fingerprint density at radius 3 is 2.94 bits per heavy atom. The maximum atomic E-state index is 11.7. The minimum Gasteiger partial charge on any atom is -0.349 e. The number of rotatable bonds is 3. The van der Waals surface area contributed by atoms with Crippen molar-refractivity contribution in [3.63, 3.8) is 0 Å². The lowest BCUT2D eigenvalue weighted by Gasteiger charge is -2.02. The number of nitrogens with two attached hydrogens (primary N) is 1. The van der Waals surface area contributed by atoms with Gasteiger partial charge in [-0.1, -0.05) is 19.1 Å². The molecule has 1 aromatic carbocycles. The van der Waals surface area contributed by atoms with E-state index in [-0.39, 0.29) is 11.7 Å². The van der Waals surface area contributed by atoms with Gasteiger partial charge < -0.3 is 11.2 Å². The smallest absolute Gasteiger partial charge is 0.289 e. The van der Waals surface area contributed by atoms with Crippen LogP contribution in [0.25, 0.3) is 11.0 Å². The SMILES string of the molecule is CCCNC(=O)c1nc2ccccc2n1N. The molecule has 0 saturated carbocycles. The van der Waals surface area contributed by atoms with E-state index in [0.29, 0.717) is 6.54 Å². The zero-order valence-electron chi connectivity index (χ0n) is 9.10. The fraction of sp³-hybridized carbons (Fsp3) is 0.273. The van der Waals surface area contributed by atoms with E-state index in [0.717, 1.165) is 17.5 Å². The molecule has 0 radical (unpaired) electrons. The molecule has 0 aliphatic heterocycles. The number of hydrogen-bond donors (Lipinski definition) is 2. The third kappa shape index (κ3) is 1.71. The van der Waals surface area contributed by atoms with Gasteiger partial charge in [-0.25, -0.2) is 9.66 Å². The monoisotopic (exact) mass is 218 g/mol. The molecular weight excluding hydrogens is 204 g/mol. The Bertz CT molecular complexity index is 518. The predicted octanol–water partition coefficient (Wildman–Crippen LogP) is 0.890. The molecule has 2 aromatic rings. The van der Waals surface area contributed by atoms with Crippen LogP contribution < -0.4 is 11.2 Å². The summed E-state index contributed by atoms with van der Waals surface area (Å²) >= 11 is 0. The number of imidazole rings is 1. The van der Waals surface area contributed by atoms with E-state index in [1.807, 2.05) is 31.2 Å². The molecule has 5 heteroatoms. The second kappa shape index (κ2) is 4.22. The Kier molecular flexibility index (Phi) is 2.76. The van der Waals surface area contributed by atoms with Crippen LogP contribution in [0.2, 0.25) is 0 Å². The molecular formula is C11H14N4O. The van der Waals surface area contributed by atoms with Crippen molar-refractivity contribution in [2.45, 2.75) is 13.3 Å². The van der Waals surface area contributed by atoms with Gasteiger partial charge in [0.2, 0.25) is 5.82 Å². The van der Waals surface area contributed by atoms with Crippen LogP contribution in [0.4, 0.5) is 0 Å². The van der Waals surface area contributed by atoms with Crippen molar-refractivity contribution in [2.24, 2.45) is 0 Å². The predicted molar refractivity (Wildman–Crippen MR) is 62.5 cm³/mol.